The number of hydrogen-bond acceptors (Lipinski definition) is 1. The molecule has 3 nitrogen and oxygen atoms in total. The molecule has 0 aliphatic heterocycles. The summed E-state index contributed by atoms with van der Waals surface area (Å²) in [4.78, 5) is 4.37. The van der Waals surface area contributed by atoms with Gasteiger partial charge in [0.15, 0.2) is 5.96 Å². The van der Waals surface area contributed by atoms with Crippen molar-refractivity contribution in [3.8, 4) is 0 Å². The van der Waals surface area contributed by atoms with Crippen molar-refractivity contribution in [2.75, 3.05) is 6.54 Å². The van der Waals surface area contributed by atoms with Crippen molar-refractivity contribution in [1.29, 1.82) is 0 Å². The van der Waals surface area contributed by atoms with Crippen LogP contribution in [0.2, 0.25) is 0 Å². The molecule has 0 aromatic heterocycles. The number of benzene rings is 1. The van der Waals surface area contributed by atoms with Crippen LogP contribution in [0.15, 0.2) is 23.2 Å². The number of hydrogen-bond donors (Lipinski definition) is 2. The highest BCUT2D eigenvalue weighted by molar-refractivity contribution is 14.0. The zero-order valence-electron chi connectivity index (χ0n) is 11.1. The number of aliphatic imine (C=N–C) groups is 1. The van der Waals surface area contributed by atoms with Gasteiger partial charge in [-0.3, -0.25) is 4.99 Å². The third kappa shape index (κ3) is 4.48. The maximum atomic E-state index is 5.79. The summed E-state index contributed by atoms with van der Waals surface area (Å²) in [6, 6.07) is 6.98. The Labute approximate surface area is 126 Å². The number of nitrogens with one attached hydrogen (secondary N) is 1. The normalized spacial score (nSPS) is 15.1. The molecule has 0 heterocycles. The van der Waals surface area contributed by atoms with Crippen molar-refractivity contribution in [2.24, 2.45) is 10.7 Å². The molecule has 100 valence electrons. The van der Waals surface area contributed by atoms with Crippen LogP contribution in [-0.2, 0) is 6.42 Å². The molecule has 0 unspecified atom stereocenters. The number of nitrogens with zero attached hydrogens (tertiary/aromatic N) is 1. The zero-order valence-corrected chi connectivity index (χ0v) is 13.4. The lowest BCUT2D eigenvalue weighted by Crippen LogP contribution is -2.33. The molecule has 1 aliphatic carbocycles. The summed E-state index contributed by atoms with van der Waals surface area (Å²) in [6.45, 7) is 5.06. The predicted octanol–water partition coefficient (Wildman–Crippen LogP) is 2.53. The lowest BCUT2D eigenvalue weighted by molar-refractivity contribution is 0.866. The topological polar surface area (TPSA) is 50.4 Å². The van der Waals surface area contributed by atoms with E-state index in [1.807, 2.05) is 0 Å². The SMILES string of the molecule is Cc1cccc(C)c1CCN=C(N)NC1CC1.I. The Balaban J connectivity index is 0.00000162. The molecule has 0 spiro atoms. The van der Waals surface area contributed by atoms with E-state index in [9.17, 15) is 0 Å². The van der Waals surface area contributed by atoms with E-state index in [0.29, 0.717) is 12.0 Å². The van der Waals surface area contributed by atoms with Crippen molar-refractivity contribution in [1.82, 2.24) is 5.32 Å². The maximum Gasteiger partial charge on any atom is 0.188 e. The van der Waals surface area contributed by atoms with Crippen LogP contribution in [-0.4, -0.2) is 18.5 Å². The highest BCUT2D eigenvalue weighted by Crippen LogP contribution is 2.18. The highest BCUT2D eigenvalue weighted by Gasteiger charge is 2.21. The van der Waals surface area contributed by atoms with E-state index in [1.165, 1.54) is 29.5 Å². The minimum atomic E-state index is 0. The van der Waals surface area contributed by atoms with Gasteiger partial charge >= 0.3 is 0 Å². The summed E-state index contributed by atoms with van der Waals surface area (Å²) >= 11 is 0. The second-order valence-electron chi connectivity index (χ2n) is 4.81. The average Bonchev–Trinajstić information content (AvgIpc) is 3.06. The van der Waals surface area contributed by atoms with E-state index in [1.54, 1.807) is 0 Å². The molecule has 0 atom stereocenters. The smallest absolute Gasteiger partial charge is 0.188 e. The molecule has 0 bridgehead atoms. The Morgan fingerprint density at radius 2 is 1.94 bits per heavy atom. The average molecular weight is 359 g/mol. The van der Waals surface area contributed by atoms with Crippen molar-refractivity contribution in [2.45, 2.75) is 39.2 Å². The lowest BCUT2D eigenvalue weighted by Gasteiger charge is -2.08. The summed E-state index contributed by atoms with van der Waals surface area (Å²) < 4.78 is 0. The fourth-order valence-corrected chi connectivity index (χ4v) is 2.01. The highest BCUT2D eigenvalue weighted by atomic mass is 127. The summed E-state index contributed by atoms with van der Waals surface area (Å²) in [7, 11) is 0. The van der Waals surface area contributed by atoms with E-state index in [2.05, 4.69) is 42.4 Å². The Morgan fingerprint density at radius 3 is 2.50 bits per heavy atom. The van der Waals surface area contributed by atoms with Crippen molar-refractivity contribution in [3.05, 3.63) is 34.9 Å². The molecule has 0 radical (unpaired) electrons. The number of halogens is 1. The molecule has 1 fully saturated rings. The Kier molecular flexibility index (Phi) is 5.91. The van der Waals surface area contributed by atoms with Gasteiger partial charge in [0, 0.05) is 12.6 Å². The number of aryl methyl sites for hydroxylation is 2. The van der Waals surface area contributed by atoms with E-state index in [4.69, 9.17) is 5.73 Å². The van der Waals surface area contributed by atoms with Crippen LogP contribution in [0.1, 0.15) is 29.5 Å². The Morgan fingerprint density at radius 1 is 1.33 bits per heavy atom. The molecule has 4 heteroatoms. The fourth-order valence-electron chi connectivity index (χ4n) is 2.01. The van der Waals surface area contributed by atoms with E-state index < -0.39 is 0 Å². The van der Waals surface area contributed by atoms with Crippen LogP contribution in [0.4, 0.5) is 0 Å². The Bertz CT molecular complexity index is 405. The van der Waals surface area contributed by atoms with Crippen LogP contribution < -0.4 is 11.1 Å². The van der Waals surface area contributed by atoms with Crippen LogP contribution in [0.25, 0.3) is 0 Å². The van der Waals surface area contributed by atoms with Gasteiger partial charge in [-0.15, -0.1) is 24.0 Å². The Hall–Kier alpha value is -0.780. The van der Waals surface area contributed by atoms with Gasteiger partial charge in [-0.1, -0.05) is 18.2 Å². The van der Waals surface area contributed by atoms with Crippen molar-refractivity contribution >= 4 is 29.9 Å². The molecule has 18 heavy (non-hydrogen) atoms. The summed E-state index contributed by atoms with van der Waals surface area (Å²) in [5.41, 5.74) is 9.88. The molecule has 0 amide bonds. The van der Waals surface area contributed by atoms with Gasteiger partial charge in [0.05, 0.1) is 0 Å². The quantitative estimate of drug-likeness (QED) is 0.493. The van der Waals surface area contributed by atoms with E-state index in [0.717, 1.165) is 13.0 Å². The largest absolute Gasteiger partial charge is 0.370 e. The van der Waals surface area contributed by atoms with Crippen LogP contribution in [0.5, 0.6) is 0 Å². The minimum absolute atomic E-state index is 0. The van der Waals surface area contributed by atoms with Crippen molar-refractivity contribution in [3.63, 3.8) is 0 Å². The van der Waals surface area contributed by atoms with E-state index >= 15 is 0 Å². The second kappa shape index (κ2) is 6.97. The van der Waals surface area contributed by atoms with Crippen molar-refractivity contribution < 1.29 is 0 Å². The predicted molar refractivity (Wildman–Crippen MR) is 87.7 cm³/mol. The summed E-state index contributed by atoms with van der Waals surface area (Å²) in [6.07, 6.45) is 3.42. The molecule has 0 saturated heterocycles. The minimum Gasteiger partial charge on any atom is -0.370 e. The van der Waals surface area contributed by atoms with Gasteiger partial charge in [0.1, 0.15) is 0 Å². The van der Waals surface area contributed by atoms with Crippen LogP contribution in [0.3, 0.4) is 0 Å². The molecule has 3 N–H and O–H groups in total. The first kappa shape index (κ1) is 15.3. The van der Waals surface area contributed by atoms with E-state index in [-0.39, 0.29) is 24.0 Å². The molecule has 1 aromatic carbocycles. The van der Waals surface area contributed by atoms with Crippen LogP contribution in [0, 0.1) is 13.8 Å². The van der Waals surface area contributed by atoms with Gasteiger partial charge in [-0.05, 0) is 49.8 Å². The maximum absolute atomic E-state index is 5.79. The monoisotopic (exact) mass is 359 g/mol. The first-order chi connectivity index (χ1) is 8.16. The number of guanidine groups is 1. The summed E-state index contributed by atoms with van der Waals surface area (Å²) in [5, 5.41) is 3.20. The van der Waals surface area contributed by atoms with Gasteiger partial charge in [0.2, 0.25) is 0 Å². The lowest BCUT2D eigenvalue weighted by atomic mass is 10.0. The molecule has 1 aliphatic rings. The zero-order chi connectivity index (χ0) is 12.3. The number of nitrogens with two attached hydrogens (primary N) is 1. The molecular weight excluding hydrogens is 337 g/mol. The molecule has 1 saturated carbocycles. The summed E-state index contributed by atoms with van der Waals surface area (Å²) in [5.74, 6) is 0.596. The standard InChI is InChI=1S/C14H21N3.HI/c1-10-4-3-5-11(2)13(10)8-9-16-14(15)17-12-6-7-12;/h3-5,12H,6-9H2,1-2H3,(H3,15,16,17);1H. The second-order valence-corrected chi connectivity index (χ2v) is 4.81. The first-order valence-corrected chi connectivity index (χ1v) is 6.28. The van der Waals surface area contributed by atoms with Gasteiger partial charge in [-0.2, -0.15) is 0 Å². The molecule has 2 rings (SSSR count). The third-order valence-corrected chi connectivity index (χ3v) is 3.22. The first-order valence-electron chi connectivity index (χ1n) is 6.28. The number of rotatable bonds is 4. The molecule has 1 aromatic rings. The van der Waals surface area contributed by atoms with Crippen LogP contribution >= 0.6 is 24.0 Å². The van der Waals surface area contributed by atoms with Gasteiger partial charge in [0.25, 0.3) is 0 Å². The third-order valence-electron chi connectivity index (χ3n) is 3.22. The fraction of sp³-hybridized carbons (Fsp3) is 0.500. The molecular formula is C14H22IN3. The van der Waals surface area contributed by atoms with Gasteiger partial charge in [-0.25, -0.2) is 0 Å². The van der Waals surface area contributed by atoms with Gasteiger partial charge < -0.3 is 11.1 Å².